The average molecular weight is 609 g/mol. The molecule has 0 aromatic heterocycles. The van der Waals surface area contributed by atoms with Crippen LogP contribution in [0.3, 0.4) is 0 Å². The maximum Gasteiger partial charge on any atom is 0.265 e. The SMILES string of the molecule is COc1cc(C)c(S(=O)(=O)N2C=CNC(=O)C2CC(=O)N2CCC3(CC2)CCC(c2ccccc2)(N(C)C)CC3)c(C)c1. The van der Waals surface area contributed by atoms with Gasteiger partial charge in [-0.15, -0.1) is 0 Å². The number of benzene rings is 2. The first-order valence-corrected chi connectivity index (χ1v) is 16.5. The number of rotatable bonds is 7. The Morgan fingerprint density at radius 2 is 1.60 bits per heavy atom. The number of nitrogens with one attached hydrogen (secondary N) is 1. The zero-order chi connectivity index (χ0) is 31.0. The fourth-order valence-corrected chi connectivity index (χ4v) is 9.31. The van der Waals surface area contributed by atoms with Gasteiger partial charge in [0.15, 0.2) is 0 Å². The van der Waals surface area contributed by atoms with E-state index in [1.165, 1.54) is 25.1 Å². The highest BCUT2D eigenvalue weighted by Crippen LogP contribution is 2.52. The minimum Gasteiger partial charge on any atom is -0.497 e. The van der Waals surface area contributed by atoms with E-state index >= 15 is 0 Å². The van der Waals surface area contributed by atoms with Crippen LogP contribution in [0, 0.1) is 19.3 Å². The van der Waals surface area contributed by atoms with Gasteiger partial charge in [-0.2, -0.15) is 0 Å². The Bertz CT molecular complexity index is 1460. The molecule has 2 aliphatic heterocycles. The number of hydrogen-bond acceptors (Lipinski definition) is 6. The van der Waals surface area contributed by atoms with Crippen LogP contribution in [0.2, 0.25) is 0 Å². The number of hydrogen-bond donors (Lipinski definition) is 1. The zero-order valence-electron chi connectivity index (χ0n) is 25.9. The Kier molecular flexibility index (Phi) is 8.64. The van der Waals surface area contributed by atoms with Crippen LogP contribution >= 0.6 is 0 Å². The van der Waals surface area contributed by atoms with E-state index in [4.69, 9.17) is 4.74 Å². The molecule has 1 saturated carbocycles. The predicted octanol–water partition coefficient (Wildman–Crippen LogP) is 4.30. The molecule has 2 amide bonds. The number of likely N-dealkylation sites (tertiary alicyclic amines) is 1. The third-order valence-corrected chi connectivity index (χ3v) is 12.2. The van der Waals surface area contributed by atoms with Gasteiger partial charge in [0.2, 0.25) is 11.8 Å². The molecule has 0 bridgehead atoms. The molecular formula is C33H44N4O5S. The smallest absolute Gasteiger partial charge is 0.265 e. The van der Waals surface area contributed by atoms with Gasteiger partial charge in [0.1, 0.15) is 11.8 Å². The first-order chi connectivity index (χ1) is 20.4. The van der Waals surface area contributed by atoms with E-state index in [1.807, 2.05) is 4.90 Å². The van der Waals surface area contributed by atoms with Crippen LogP contribution in [0.25, 0.3) is 0 Å². The van der Waals surface area contributed by atoms with E-state index < -0.39 is 22.0 Å². The molecule has 10 heteroatoms. The molecule has 43 heavy (non-hydrogen) atoms. The van der Waals surface area contributed by atoms with Crippen molar-refractivity contribution in [3.63, 3.8) is 0 Å². The molecule has 2 heterocycles. The molecule has 2 aromatic carbocycles. The maximum absolute atomic E-state index is 13.9. The fourth-order valence-electron chi connectivity index (χ4n) is 7.44. The van der Waals surface area contributed by atoms with Gasteiger partial charge in [-0.25, -0.2) is 8.42 Å². The van der Waals surface area contributed by atoms with E-state index in [9.17, 15) is 18.0 Å². The Morgan fingerprint density at radius 1 is 1.00 bits per heavy atom. The number of amides is 2. The Morgan fingerprint density at radius 3 is 2.16 bits per heavy atom. The van der Waals surface area contributed by atoms with Crippen molar-refractivity contribution in [1.29, 1.82) is 0 Å². The molecule has 1 N–H and O–H groups in total. The Hall–Kier alpha value is -3.37. The average Bonchev–Trinajstić information content (AvgIpc) is 2.98. The van der Waals surface area contributed by atoms with E-state index in [2.05, 4.69) is 54.6 Å². The Labute approximate surface area is 255 Å². The van der Waals surface area contributed by atoms with Crippen molar-refractivity contribution in [2.24, 2.45) is 5.41 Å². The molecule has 1 saturated heterocycles. The highest BCUT2D eigenvalue weighted by molar-refractivity contribution is 7.89. The number of piperidine rings is 1. The maximum atomic E-state index is 13.9. The highest BCUT2D eigenvalue weighted by Gasteiger charge is 2.47. The van der Waals surface area contributed by atoms with Crippen molar-refractivity contribution in [3.05, 3.63) is 71.6 Å². The molecule has 232 valence electrons. The monoisotopic (exact) mass is 608 g/mol. The number of sulfonamides is 1. The van der Waals surface area contributed by atoms with Crippen LogP contribution in [-0.4, -0.2) is 74.7 Å². The third kappa shape index (κ3) is 5.79. The van der Waals surface area contributed by atoms with E-state index in [1.54, 1.807) is 26.0 Å². The van der Waals surface area contributed by atoms with Gasteiger partial charge in [-0.1, -0.05) is 30.3 Å². The van der Waals surface area contributed by atoms with Crippen molar-refractivity contribution < 1.29 is 22.7 Å². The predicted molar refractivity (Wildman–Crippen MR) is 166 cm³/mol. The number of aryl methyl sites for hydroxylation is 2. The van der Waals surface area contributed by atoms with Crippen LogP contribution in [0.1, 0.15) is 61.6 Å². The lowest BCUT2D eigenvalue weighted by Gasteiger charge is -2.52. The summed E-state index contributed by atoms with van der Waals surface area (Å²) >= 11 is 0. The van der Waals surface area contributed by atoms with Gasteiger partial charge in [-0.05, 0) is 101 Å². The molecule has 1 unspecified atom stereocenters. The fraction of sp³-hybridized carbons (Fsp3) is 0.515. The summed E-state index contributed by atoms with van der Waals surface area (Å²) < 4.78 is 34.1. The number of methoxy groups -OCH3 is 1. The quantitative estimate of drug-likeness (QED) is 0.503. The summed E-state index contributed by atoms with van der Waals surface area (Å²) in [6, 6.07) is 12.9. The minimum absolute atomic E-state index is 0.0247. The molecule has 9 nitrogen and oxygen atoms in total. The van der Waals surface area contributed by atoms with Gasteiger partial charge in [0.05, 0.1) is 18.4 Å². The first kappa shape index (κ1) is 31.1. The second-order valence-electron chi connectivity index (χ2n) is 12.6. The molecule has 1 atom stereocenters. The van der Waals surface area contributed by atoms with E-state index in [0.29, 0.717) is 30.0 Å². The van der Waals surface area contributed by atoms with E-state index in [-0.39, 0.29) is 28.2 Å². The number of nitrogens with zero attached hydrogens (tertiary/aromatic N) is 3. The van der Waals surface area contributed by atoms with Crippen LogP contribution in [0.4, 0.5) is 0 Å². The summed E-state index contributed by atoms with van der Waals surface area (Å²) in [6.07, 6.45) is 8.62. The summed E-state index contributed by atoms with van der Waals surface area (Å²) in [5, 5.41) is 2.60. The number of ether oxygens (including phenoxy) is 1. The third-order valence-electron chi connectivity index (χ3n) is 10.1. The molecule has 2 aromatic rings. The van der Waals surface area contributed by atoms with Crippen molar-refractivity contribution in [2.75, 3.05) is 34.3 Å². The normalized spacial score (nSPS) is 21.6. The summed E-state index contributed by atoms with van der Waals surface area (Å²) in [7, 11) is 1.75. The van der Waals surface area contributed by atoms with Gasteiger partial charge in [0, 0.05) is 31.0 Å². The molecule has 0 radical (unpaired) electrons. The topological polar surface area (TPSA) is 99.3 Å². The Balaban J connectivity index is 1.26. The second-order valence-corrected chi connectivity index (χ2v) is 14.4. The van der Waals surface area contributed by atoms with Gasteiger partial charge >= 0.3 is 0 Å². The molecule has 1 aliphatic carbocycles. The molecule has 2 fully saturated rings. The lowest BCUT2D eigenvalue weighted by atomic mass is 9.61. The van der Waals surface area contributed by atoms with Gasteiger partial charge in [0.25, 0.3) is 10.0 Å². The summed E-state index contributed by atoms with van der Waals surface area (Å²) in [5.41, 5.74) is 2.62. The number of carbonyl (C=O) groups is 2. The minimum atomic E-state index is -4.11. The van der Waals surface area contributed by atoms with Gasteiger partial charge in [-0.3, -0.25) is 18.8 Å². The standard InChI is InChI=1S/C33H44N4O5S/c1-24-21-27(42-5)22-25(2)30(24)43(40,41)37-20-17-34-31(39)28(37)23-29(38)36-18-15-32(16-19-36)11-13-33(14-12-32,35(3)4)26-9-7-6-8-10-26/h6-10,17,20-22,28H,11-16,18-19,23H2,1-5H3,(H,34,39). The zero-order valence-corrected chi connectivity index (χ0v) is 26.7. The van der Waals surface area contributed by atoms with E-state index in [0.717, 1.165) is 42.8 Å². The summed E-state index contributed by atoms with van der Waals surface area (Å²) in [5.74, 6) is -0.151. The van der Waals surface area contributed by atoms with Crippen molar-refractivity contribution in [1.82, 2.24) is 19.4 Å². The molecule has 5 rings (SSSR count). The molecular weight excluding hydrogens is 564 g/mol. The largest absolute Gasteiger partial charge is 0.497 e. The van der Waals surface area contributed by atoms with Crippen LogP contribution in [-0.2, 0) is 25.2 Å². The lowest BCUT2D eigenvalue weighted by Crippen LogP contribution is -2.53. The number of carbonyl (C=O) groups excluding carboxylic acids is 2. The molecule has 1 spiro atoms. The first-order valence-electron chi connectivity index (χ1n) is 15.1. The van der Waals surface area contributed by atoms with Crippen LogP contribution in [0.5, 0.6) is 5.75 Å². The highest BCUT2D eigenvalue weighted by atomic mass is 32.2. The second kappa shape index (κ2) is 12.0. The van der Waals surface area contributed by atoms with Crippen molar-refractivity contribution >= 4 is 21.8 Å². The van der Waals surface area contributed by atoms with Gasteiger partial charge < -0.3 is 15.0 Å². The summed E-state index contributed by atoms with van der Waals surface area (Å²) in [6.45, 7) is 4.64. The molecule has 3 aliphatic rings. The van der Waals surface area contributed by atoms with Crippen LogP contribution in [0.15, 0.2) is 59.8 Å². The van der Waals surface area contributed by atoms with Crippen molar-refractivity contribution in [2.45, 2.75) is 75.3 Å². The van der Waals surface area contributed by atoms with Crippen LogP contribution < -0.4 is 10.1 Å². The summed E-state index contributed by atoms with van der Waals surface area (Å²) in [4.78, 5) is 30.8. The lowest BCUT2D eigenvalue weighted by molar-refractivity contribution is -0.138. The van der Waals surface area contributed by atoms with Crippen molar-refractivity contribution in [3.8, 4) is 5.75 Å².